The topological polar surface area (TPSA) is 43.4 Å². The molecule has 0 spiro atoms. The van der Waals surface area contributed by atoms with Crippen LogP contribution in [0.4, 0.5) is 0 Å². The van der Waals surface area contributed by atoms with Gasteiger partial charge in [0.15, 0.2) is 5.78 Å². The van der Waals surface area contributed by atoms with Gasteiger partial charge in [-0.25, -0.2) is 0 Å². The van der Waals surface area contributed by atoms with Crippen molar-refractivity contribution in [2.75, 3.05) is 6.61 Å². The van der Waals surface area contributed by atoms with Crippen molar-refractivity contribution in [2.24, 2.45) is 0 Å². The number of carbonyl (C=O) groups is 2. The van der Waals surface area contributed by atoms with Crippen molar-refractivity contribution in [3.05, 3.63) is 29.8 Å². The average Bonchev–Trinajstić information content (AvgIpc) is 2.25. The molecule has 0 aliphatic carbocycles. The van der Waals surface area contributed by atoms with Gasteiger partial charge in [0.2, 0.25) is 0 Å². The van der Waals surface area contributed by atoms with Crippen LogP contribution in [0.5, 0.6) is 5.75 Å². The van der Waals surface area contributed by atoms with Crippen LogP contribution in [0.25, 0.3) is 0 Å². The van der Waals surface area contributed by atoms with Gasteiger partial charge in [-0.1, -0.05) is 0 Å². The van der Waals surface area contributed by atoms with Crippen LogP contribution in [-0.2, 0) is 4.79 Å². The Hall–Kier alpha value is -1.64. The minimum absolute atomic E-state index is 0.0446. The van der Waals surface area contributed by atoms with E-state index >= 15 is 0 Å². The quantitative estimate of drug-likeness (QED) is 0.546. The molecule has 0 fully saturated rings. The molecule has 0 aliphatic heterocycles. The Morgan fingerprint density at radius 2 is 1.75 bits per heavy atom. The fourth-order valence-electron chi connectivity index (χ4n) is 1.30. The van der Waals surface area contributed by atoms with Crippen LogP contribution in [0.2, 0.25) is 0 Å². The van der Waals surface area contributed by atoms with E-state index in [2.05, 4.69) is 0 Å². The van der Waals surface area contributed by atoms with Crippen LogP contribution < -0.4 is 4.74 Å². The number of hydrogen-bond donors (Lipinski definition) is 0. The van der Waals surface area contributed by atoms with Gasteiger partial charge >= 0.3 is 0 Å². The van der Waals surface area contributed by atoms with Gasteiger partial charge in [-0.05, 0) is 44.5 Å². The summed E-state index contributed by atoms with van der Waals surface area (Å²) in [7, 11) is 0. The molecule has 0 N–H and O–H groups in total. The lowest BCUT2D eigenvalue weighted by molar-refractivity contribution is -0.117. The third-order valence-corrected chi connectivity index (χ3v) is 2.20. The molecule has 3 nitrogen and oxygen atoms in total. The van der Waals surface area contributed by atoms with Crippen molar-refractivity contribution in [1.29, 1.82) is 0 Å². The molecule has 0 amide bonds. The Balaban J connectivity index is 2.38. The molecule has 0 radical (unpaired) electrons. The van der Waals surface area contributed by atoms with Crippen LogP contribution in [-0.4, -0.2) is 18.2 Å². The zero-order chi connectivity index (χ0) is 12.0. The second kappa shape index (κ2) is 6.05. The maximum absolute atomic E-state index is 11.0. The molecule has 0 aliphatic rings. The molecular weight excluding hydrogens is 204 g/mol. The molecule has 0 unspecified atom stereocenters. The lowest BCUT2D eigenvalue weighted by atomic mass is 10.1. The molecular formula is C13H16O3. The van der Waals surface area contributed by atoms with Crippen LogP contribution in [0.1, 0.15) is 37.0 Å². The van der Waals surface area contributed by atoms with Gasteiger partial charge in [0, 0.05) is 12.0 Å². The van der Waals surface area contributed by atoms with Crippen LogP contribution in [0, 0.1) is 0 Å². The molecule has 3 heteroatoms. The largest absolute Gasteiger partial charge is 0.494 e. The Labute approximate surface area is 95.4 Å². The first kappa shape index (κ1) is 12.4. The smallest absolute Gasteiger partial charge is 0.159 e. The van der Waals surface area contributed by atoms with Crippen molar-refractivity contribution in [1.82, 2.24) is 0 Å². The molecule has 0 aromatic heterocycles. The SMILES string of the molecule is CC(=O)CCCOc1ccc(C(C)=O)cc1. The third-order valence-electron chi connectivity index (χ3n) is 2.20. The molecule has 16 heavy (non-hydrogen) atoms. The van der Waals surface area contributed by atoms with Gasteiger partial charge in [0.25, 0.3) is 0 Å². The van der Waals surface area contributed by atoms with Crippen molar-refractivity contribution in [3.63, 3.8) is 0 Å². The van der Waals surface area contributed by atoms with Gasteiger partial charge in [-0.15, -0.1) is 0 Å². The number of ether oxygens (including phenoxy) is 1. The molecule has 0 saturated carbocycles. The van der Waals surface area contributed by atoms with E-state index in [0.29, 0.717) is 18.6 Å². The number of benzene rings is 1. The molecule has 0 saturated heterocycles. The van der Waals surface area contributed by atoms with E-state index in [1.54, 1.807) is 31.2 Å². The van der Waals surface area contributed by atoms with E-state index in [9.17, 15) is 9.59 Å². The van der Waals surface area contributed by atoms with E-state index in [1.807, 2.05) is 0 Å². The van der Waals surface area contributed by atoms with E-state index in [0.717, 1.165) is 12.2 Å². The summed E-state index contributed by atoms with van der Waals surface area (Å²) < 4.78 is 5.43. The fourth-order valence-corrected chi connectivity index (χ4v) is 1.30. The predicted octanol–water partition coefficient (Wildman–Crippen LogP) is 2.64. The maximum Gasteiger partial charge on any atom is 0.159 e. The number of hydrogen-bond acceptors (Lipinski definition) is 3. The summed E-state index contributed by atoms with van der Waals surface area (Å²) in [4.78, 5) is 21.7. The van der Waals surface area contributed by atoms with Crippen LogP contribution in [0.3, 0.4) is 0 Å². The normalized spacial score (nSPS) is 9.88. The first-order chi connectivity index (χ1) is 7.59. The minimum Gasteiger partial charge on any atom is -0.494 e. The van der Waals surface area contributed by atoms with Gasteiger partial charge < -0.3 is 9.53 Å². The average molecular weight is 220 g/mol. The number of Topliss-reactive ketones (excluding diaryl/α,β-unsaturated/α-hetero) is 2. The van der Waals surface area contributed by atoms with E-state index < -0.39 is 0 Å². The van der Waals surface area contributed by atoms with Crippen LogP contribution >= 0.6 is 0 Å². The minimum atomic E-state index is 0.0446. The number of rotatable bonds is 6. The Kier molecular flexibility index (Phi) is 4.70. The highest BCUT2D eigenvalue weighted by molar-refractivity contribution is 5.94. The summed E-state index contributed by atoms with van der Waals surface area (Å²) in [6, 6.07) is 7.01. The molecule has 1 rings (SSSR count). The maximum atomic E-state index is 11.0. The highest BCUT2D eigenvalue weighted by atomic mass is 16.5. The second-order valence-electron chi connectivity index (χ2n) is 3.73. The molecule has 1 aromatic carbocycles. The standard InChI is InChI=1S/C13H16O3/c1-10(14)4-3-9-16-13-7-5-12(6-8-13)11(2)15/h5-8H,3-4,9H2,1-2H3. The van der Waals surface area contributed by atoms with Gasteiger partial charge in [-0.3, -0.25) is 4.79 Å². The number of ketones is 2. The van der Waals surface area contributed by atoms with Crippen LogP contribution in [0.15, 0.2) is 24.3 Å². The summed E-state index contributed by atoms with van der Waals surface area (Å²) in [5.74, 6) is 0.951. The number of carbonyl (C=O) groups excluding carboxylic acids is 2. The highest BCUT2D eigenvalue weighted by Crippen LogP contribution is 2.12. The van der Waals surface area contributed by atoms with Crippen molar-refractivity contribution < 1.29 is 14.3 Å². The second-order valence-corrected chi connectivity index (χ2v) is 3.73. The van der Waals surface area contributed by atoms with Gasteiger partial charge in [-0.2, -0.15) is 0 Å². The molecule has 1 aromatic rings. The lowest BCUT2D eigenvalue weighted by Crippen LogP contribution is -2.00. The summed E-state index contributed by atoms with van der Waals surface area (Å²) in [6.45, 7) is 3.63. The Bertz CT molecular complexity index is 365. The lowest BCUT2D eigenvalue weighted by Gasteiger charge is -2.05. The molecule has 0 atom stereocenters. The zero-order valence-corrected chi connectivity index (χ0v) is 9.66. The van der Waals surface area contributed by atoms with E-state index in [1.165, 1.54) is 6.92 Å². The highest BCUT2D eigenvalue weighted by Gasteiger charge is 1.99. The summed E-state index contributed by atoms with van der Waals surface area (Å²) in [5, 5.41) is 0. The van der Waals surface area contributed by atoms with Gasteiger partial charge in [0.1, 0.15) is 11.5 Å². The van der Waals surface area contributed by atoms with E-state index in [-0.39, 0.29) is 11.6 Å². The van der Waals surface area contributed by atoms with Crippen molar-refractivity contribution in [2.45, 2.75) is 26.7 Å². The monoisotopic (exact) mass is 220 g/mol. The van der Waals surface area contributed by atoms with Crippen molar-refractivity contribution >= 4 is 11.6 Å². The Morgan fingerprint density at radius 3 is 2.25 bits per heavy atom. The summed E-state index contributed by atoms with van der Waals surface area (Å²) >= 11 is 0. The molecule has 86 valence electrons. The van der Waals surface area contributed by atoms with Gasteiger partial charge in [0.05, 0.1) is 6.61 Å². The first-order valence-electron chi connectivity index (χ1n) is 5.33. The fraction of sp³-hybridized carbons (Fsp3) is 0.385. The zero-order valence-electron chi connectivity index (χ0n) is 9.66. The first-order valence-corrected chi connectivity index (χ1v) is 5.33. The molecule has 0 heterocycles. The third kappa shape index (κ3) is 4.26. The summed E-state index contributed by atoms with van der Waals surface area (Å²) in [6.07, 6.45) is 1.27. The Morgan fingerprint density at radius 1 is 1.12 bits per heavy atom. The summed E-state index contributed by atoms with van der Waals surface area (Å²) in [5.41, 5.74) is 0.677. The van der Waals surface area contributed by atoms with Crippen molar-refractivity contribution in [3.8, 4) is 5.75 Å². The predicted molar refractivity (Wildman–Crippen MR) is 61.9 cm³/mol. The molecule has 0 bridgehead atoms. The van der Waals surface area contributed by atoms with E-state index in [4.69, 9.17) is 4.74 Å².